The van der Waals surface area contributed by atoms with Gasteiger partial charge in [-0.1, -0.05) is 0 Å². The normalized spacial score (nSPS) is 12.0. The Kier molecular flexibility index (Phi) is 6.48. The summed E-state index contributed by atoms with van der Waals surface area (Å²) in [4.78, 5) is 16.2. The Morgan fingerprint density at radius 3 is 2.33 bits per heavy atom. The number of nitro benzene ring substituents is 1. The van der Waals surface area contributed by atoms with E-state index in [0.29, 0.717) is 18.1 Å². The second-order valence-electron chi connectivity index (χ2n) is 5.75. The molecule has 0 atom stereocenters. The summed E-state index contributed by atoms with van der Waals surface area (Å²) in [6, 6.07) is 11.1. The summed E-state index contributed by atoms with van der Waals surface area (Å²) in [6.07, 6.45) is 0. The number of nitro groups is 1. The minimum absolute atomic E-state index is 0.0368. The molecule has 0 aliphatic rings. The van der Waals surface area contributed by atoms with Crippen molar-refractivity contribution in [2.24, 2.45) is 4.99 Å². The van der Waals surface area contributed by atoms with Crippen LogP contribution in [0.1, 0.15) is 6.92 Å². The number of amidine groups is 1. The van der Waals surface area contributed by atoms with E-state index in [9.17, 15) is 23.6 Å². The van der Waals surface area contributed by atoms with E-state index in [-0.39, 0.29) is 22.9 Å². The number of hydrogen-bond acceptors (Lipinski definition) is 6. The van der Waals surface area contributed by atoms with E-state index < -0.39 is 14.9 Å². The van der Waals surface area contributed by atoms with Crippen LogP contribution in [0.25, 0.3) is 0 Å². The first kappa shape index (κ1) is 20.3. The Bertz CT molecular complexity index is 925. The molecule has 0 aliphatic carbocycles. The van der Waals surface area contributed by atoms with Crippen LogP contribution < -0.4 is 4.72 Å². The number of aromatic hydroxyl groups is 1. The van der Waals surface area contributed by atoms with Crippen molar-refractivity contribution in [2.75, 3.05) is 20.1 Å². The Labute approximate surface area is 157 Å². The van der Waals surface area contributed by atoms with Crippen molar-refractivity contribution in [3.05, 3.63) is 58.6 Å². The topological polar surface area (TPSA) is 125 Å². The molecule has 0 fully saturated rings. The predicted octanol–water partition coefficient (Wildman–Crippen LogP) is 2.26. The molecule has 0 radical (unpaired) electrons. The highest BCUT2D eigenvalue weighted by Gasteiger charge is 2.15. The summed E-state index contributed by atoms with van der Waals surface area (Å²) in [5.41, 5.74) is 0.498. The average molecular weight is 392 g/mol. The molecule has 144 valence electrons. The van der Waals surface area contributed by atoms with Gasteiger partial charge in [-0.2, -0.15) is 0 Å². The highest BCUT2D eigenvalue weighted by molar-refractivity contribution is 7.89. The summed E-state index contributed by atoms with van der Waals surface area (Å²) in [7, 11) is -1.98. The molecule has 0 bridgehead atoms. The van der Waals surface area contributed by atoms with Crippen molar-refractivity contribution < 1.29 is 18.4 Å². The van der Waals surface area contributed by atoms with Crippen molar-refractivity contribution in [3.8, 4) is 5.75 Å². The third kappa shape index (κ3) is 5.76. The molecule has 2 rings (SSSR count). The van der Waals surface area contributed by atoms with Crippen LogP contribution in [0.4, 0.5) is 11.4 Å². The molecular formula is C17H20N4O5S. The van der Waals surface area contributed by atoms with E-state index in [4.69, 9.17) is 0 Å². The maximum Gasteiger partial charge on any atom is 0.269 e. The zero-order chi connectivity index (χ0) is 20.0. The van der Waals surface area contributed by atoms with Gasteiger partial charge in [-0.05, 0) is 43.3 Å². The molecule has 0 heterocycles. The zero-order valence-corrected chi connectivity index (χ0v) is 15.7. The Balaban J connectivity index is 1.93. The molecule has 0 aliphatic heterocycles. The number of phenolic OH excluding ortho intramolecular Hbond substituents is 1. The molecule has 2 aromatic carbocycles. The van der Waals surface area contributed by atoms with Crippen LogP contribution in [-0.2, 0) is 10.0 Å². The summed E-state index contributed by atoms with van der Waals surface area (Å²) in [6.45, 7) is 2.30. The van der Waals surface area contributed by atoms with E-state index in [0.717, 1.165) is 12.1 Å². The fourth-order valence-electron chi connectivity index (χ4n) is 2.14. The van der Waals surface area contributed by atoms with E-state index >= 15 is 0 Å². The smallest absolute Gasteiger partial charge is 0.269 e. The van der Waals surface area contributed by atoms with Crippen LogP contribution in [0, 0.1) is 10.1 Å². The largest absolute Gasteiger partial charge is 0.508 e. The average Bonchev–Trinajstić information content (AvgIpc) is 2.63. The predicted molar refractivity (Wildman–Crippen MR) is 102 cm³/mol. The first-order valence-corrected chi connectivity index (χ1v) is 9.47. The molecule has 0 saturated heterocycles. The fraction of sp³-hybridized carbons (Fsp3) is 0.235. The van der Waals surface area contributed by atoms with E-state index in [1.54, 1.807) is 31.0 Å². The second-order valence-corrected chi connectivity index (χ2v) is 7.51. The quantitative estimate of drug-likeness (QED) is 0.322. The number of non-ortho nitro benzene ring substituents is 1. The summed E-state index contributed by atoms with van der Waals surface area (Å²) in [5.74, 6) is 0.829. The molecule has 9 nitrogen and oxygen atoms in total. The molecule has 0 saturated carbocycles. The lowest BCUT2D eigenvalue weighted by Gasteiger charge is -2.19. The standard InChI is InChI=1S/C17H20N4O5S/c1-13(19-14-3-7-16(22)8-4-14)20(2)12-11-18-27(25,26)17-9-5-15(6-10-17)21(23)24/h3-10,18,22H,11-12H2,1-2H3. The van der Waals surface area contributed by atoms with E-state index in [1.165, 1.54) is 24.3 Å². The minimum atomic E-state index is -3.75. The van der Waals surface area contributed by atoms with Crippen LogP contribution in [0.5, 0.6) is 5.75 Å². The van der Waals surface area contributed by atoms with Crippen LogP contribution in [0.2, 0.25) is 0 Å². The Morgan fingerprint density at radius 2 is 1.78 bits per heavy atom. The zero-order valence-electron chi connectivity index (χ0n) is 14.9. The lowest BCUT2D eigenvalue weighted by atomic mass is 10.3. The summed E-state index contributed by atoms with van der Waals surface area (Å²) in [5, 5.41) is 19.9. The van der Waals surface area contributed by atoms with Crippen molar-refractivity contribution in [2.45, 2.75) is 11.8 Å². The lowest BCUT2D eigenvalue weighted by Crippen LogP contribution is -2.35. The van der Waals surface area contributed by atoms with Gasteiger partial charge in [0, 0.05) is 32.3 Å². The van der Waals surface area contributed by atoms with Gasteiger partial charge in [0.2, 0.25) is 10.0 Å². The molecule has 0 unspecified atom stereocenters. The van der Waals surface area contributed by atoms with Gasteiger partial charge < -0.3 is 10.0 Å². The van der Waals surface area contributed by atoms with Gasteiger partial charge in [-0.15, -0.1) is 0 Å². The van der Waals surface area contributed by atoms with Gasteiger partial charge in [0.05, 0.1) is 15.5 Å². The third-order valence-corrected chi connectivity index (χ3v) is 5.27. The number of nitrogens with one attached hydrogen (secondary N) is 1. The Morgan fingerprint density at radius 1 is 1.19 bits per heavy atom. The summed E-state index contributed by atoms with van der Waals surface area (Å²) >= 11 is 0. The number of aliphatic imine (C=N–C) groups is 1. The molecule has 0 spiro atoms. The minimum Gasteiger partial charge on any atom is -0.508 e. The lowest BCUT2D eigenvalue weighted by molar-refractivity contribution is -0.384. The van der Waals surface area contributed by atoms with Gasteiger partial charge in [-0.3, -0.25) is 10.1 Å². The van der Waals surface area contributed by atoms with Crippen LogP contribution in [0.3, 0.4) is 0 Å². The molecule has 0 aromatic heterocycles. The SMILES string of the molecule is CC(=Nc1ccc(O)cc1)N(C)CCNS(=O)(=O)c1ccc([N+](=O)[O-])cc1. The van der Waals surface area contributed by atoms with Gasteiger partial charge >= 0.3 is 0 Å². The molecule has 2 N–H and O–H groups in total. The van der Waals surface area contributed by atoms with Gasteiger partial charge in [0.1, 0.15) is 11.6 Å². The first-order valence-electron chi connectivity index (χ1n) is 7.98. The number of phenols is 1. The van der Waals surface area contributed by atoms with Gasteiger partial charge in [-0.25, -0.2) is 18.1 Å². The van der Waals surface area contributed by atoms with Gasteiger partial charge in [0.15, 0.2) is 0 Å². The molecule has 27 heavy (non-hydrogen) atoms. The van der Waals surface area contributed by atoms with Crippen molar-refractivity contribution in [1.29, 1.82) is 0 Å². The maximum atomic E-state index is 12.2. The molecule has 0 amide bonds. The highest BCUT2D eigenvalue weighted by atomic mass is 32.2. The van der Waals surface area contributed by atoms with Crippen molar-refractivity contribution >= 4 is 27.2 Å². The number of rotatable bonds is 7. The fourth-order valence-corrected chi connectivity index (χ4v) is 3.16. The summed E-state index contributed by atoms with van der Waals surface area (Å²) < 4.78 is 26.9. The van der Waals surface area contributed by atoms with Gasteiger partial charge in [0.25, 0.3) is 5.69 Å². The monoisotopic (exact) mass is 392 g/mol. The second kappa shape index (κ2) is 8.60. The van der Waals surface area contributed by atoms with Crippen LogP contribution >= 0.6 is 0 Å². The number of hydrogen-bond donors (Lipinski definition) is 2. The third-order valence-electron chi connectivity index (χ3n) is 3.79. The Hall–Kier alpha value is -2.98. The first-order chi connectivity index (χ1) is 12.7. The number of nitrogens with zero attached hydrogens (tertiary/aromatic N) is 3. The van der Waals surface area contributed by atoms with Crippen LogP contribution in [-0.4, -0.2) is 49.3 Å². The van der Waals surface area contributed by atoms with E-state index in [2.05, 4.69) is 9.71 Å². The molecule has 10 heteroatoms. The van der Waals surface area contributed by atoms with E-state index in [1.807, 2.05) is 0 Å². The number of benzene rings is 2. The highest BCUT2D eigenvalue weighted by Crippen LogP contribution is 2.17. The molecular weight excluding hydrogens is 372 g/mol. The van der Waals surface area contributed by atoms with Crippen molar-refractivity contribution in [3.63, 3.8) is 0 Å². The number of likely N-dealkylation sites (N-methyl/N-ethyl adjacent to an activating group) is 1. The number of sulfonamides is 1. The molecule has 2 aromatic rings. The van der Waals surface area contributed by atoms with Crippen molar-refractivity contribution in [1.82, 2.24) is 9.62 Å². The maximum absolute atomic E-state index is 12.2. The van der Waals surface area contributed by atoms with Crippen LogP contribution in [0.15, 0.2) is 58.4 Å².